The highest BCUT2D eigenvalue weighted by Gasteiger charge is 2.12. The van der Waals surface area contributed by atoms with E-state index in [1.54, 1.807) is 12.1 Å². The SMILES string of the molecule is Cn1c(CCl)nnc1-c1ccc(Cl)cc1Cl. The molecule has 0 fully saturated rings. The second kappa shape index (κ2) is 4.62. The van der Waals surface area contributed by atoms with E-state index in [-0.39, 0.29) is 0 Å². The minimum absolute atomic E-state index is 0.314. The van der Waals surface area contributed by atoms with Crippen LogP contribution in [0.5, 0.6) is 0 Å². The molecule has 0 spiro atoms. The number of hydrogen-bond acceptors (Lipinski definition) is 2. The Balaban J connectivity index is 2.54. The van der Waals surface area contributed by atoms with Gasteiger partial charge in [0.2, 0.25) is 0 Å². The number of halogens is 3. The first-order valence-corrected chi connectivity index (χ1v) is 5.82. The molecule has 0 aliphatic rings. The van der Waals surface area contributed by atoms with Crippen LogP contribution in [0.15, 0.2) is 18.2 Å². The number of nitrogens with zero attached hydrogens (tertiary/aromatic N) is 3. The summed E-state index contributed by atoms with van der Waals surface area (Å²) in [5.74, 6) is 1.69. The van der Waals surface area contributed by atoms with Crippen molar-refractivity contribution in [3.05, 3.63) is 34.1 Å². The van der Waals surface area contributed by atoms with E-state index < -0.39 is 0 Å². The van der Waals surface area contributed by atoms with Crippen molar-refractivity contribution >= 4 is 34.8 Å². The summed E-state index contributed by atoms with van der Waals surface area (Å²) in [6, 6.07) is 5.25. The molecule has 84 valence electrons. The Morgan fingerprint density at radius 2 is 2.00 bits per heavy atom. The third-order valence-corrected chi connectivity index (χ3v) is 3.04. The van der Waals surface area contributed by atoms with Crippen LogP contribution in [0.2, 0.25) is 10.0 Å². The van der Waals surface area contributed by atoms with Gasteiger partial charge in [-0.2, -0.15) is 0 Å². The van der Waals surface area contributed by atoms with Gasteiger partial charge < -0.3 is 4.57 Å². The molecule has 0 saturated carbocycles. The smallest absolute Gasteiger partial charge is 0.165 e. The Bertz CT molecular complexity index is 522. The maximum atomic E-state index is 6.09. The zero-order valence-electron chi connectivity index (χ0n) is 8.41. The first-order chi connectivity index (χ1) is 7.63. The van der Waals surface area contributed by atoms with E-state index in [9.17, 15) is 0 Å². The van der Waals surface area contributed by atoms with E-state index in [0.29, 0.717) is 27.6 Å². The molecule has 0 aliphatic carbocycles. The first kappa shape index (κ1) is 11.7. The minimum Gasteiger partial charge on any atom is -0.313 e. The first-order valence-electron chi connectivity index (χ1n) is 4.53. The molecular formula is C10H8Cl3N3. The van der Waals surface area contributed by atoms with Crippen LogP contribution in [0, 0.1) is 0 Å². The van der Waals surface area contributed by atoms with E-state index >= 15 is 0 Å². The van der Waals surface area contributed by atoms with Crippen molar-refractivity contribution in [3.63, 3.8) is 0 Å². The molecule has 0 radical (unpaired) electrons. The van der Waals surface area contributed by atoms with Gasteiger partial charge in [-0.15, -0.1) is 21.8 Å². The summed E-state index contributed by atoms with van der Waals surface area (Å²) in [5, 5.41) is 9.15. The van der Waals surface area contributed by atoms with Crippen molar-refractivity contribution in [1.29, 1.82) is 0 Å². The van der Waals surface area contributed by atoms with Crippen molar-refractivity contribution in [3.8, 4) is 11.4 Å². The molecule has 2 aromatic rings. The Hall–Kier alpha value is -0.770. The predicted molar refractivity (Wildman–Crippen MR) is 66.0 cm³/mol. The molecule has 1 aromatic carbocycles. The Kier molecular flexibility index (Phi) is 3.38. The molecule has 16 heavy (non-hydrogen) atoms. The van der Waals surface area contributed by atoms with Crippen molar-refractivity contribution in [2.24, 2.45) is 7.05 Å². The van der Waals surface area contributed by atoms with Crippen LogP contribution in [0.25, 0.3) is 11.4 Å². The molecule has 0 atom stereocenters. The van der Waals surface area contributed by atoms with Crippen LogP contribution in [0.3, 0.4) is 0 Å². The monoisotopic (exact) mass is 275 g/mol. The summed E-state index contributed by atoms with van der Waals surface area (Å²) in [4.78, 5) is 0. The lowest BCUT2D eigenvalue weighted by Crippen LogP contribution is -1.97. The number of aromatic nitrogens is 3. The van der Waals surface area contributed by atoms with Gasteiger partial charge in [-0.3, -0.25) is 0 Å². The number of benzene rings is 1. The topological polar surface area (TPSA) is 30.7 Å². The van der Waals surface area contributed by atoms with Gasteiger partial charge in [0.1, 0.15) is 5.82 Å². The number of rotatable bonds is 2. The zero-order chi connectivity index (χ0) is 11.7. The third kappa shape index (κ3) is 2.03. The highest BCUT2D eigenvalue weighted by Crippen LogP contribution is 2.29. The van der Waals surface area contributed by atoms with Gasteiger partial charge in [-0.05, 0) is 18.2 Å². The van der Waals surface area contributed by atoms with Crippen LogP contribution < -0.4 is 0 Å². The molecule has 1 aromatic heterocycles. The van der Waals surface area contributed by atoms with Crippen LogP contribution in [-0.4, -0.2) is 14.8 Å². The molecule has 0 aliphatic heterocycles. The highest BCUT2D eigenvalue weighted by atomic mass is 35.5. The molecule has 0 saturated heterocycles. The van der Waals surface area contributed by atoms with Gasteiger partial charge in [-0.1, -0.05) is 23.2 Å². The predicted octanol–water partition coefficient (Wildman–Crippen LogP) is 3.53. The fourth-order valence-corrected chi connectivity index (χ4v) is 2.11. The summed E-state index contributed by atoms with van der Waals surface area (Å²) in [5.41, 5.74) is 0.789. The van der Waals surface area contributed by atoms with Crippen LogP contribution in [-0.2, 0) is 12.9 Å². The van der Waals surface area contributed by atoms with E-state index in [2.05, 4.69) is 10.2 Å². The minimum atomic E-state index is 0.314. The normalized spacial score (nSPS) is 10.8. The fraction of sp³-hybridized carbons (Fsp3) is 0.200. The summed E-state index contributed by atoms with van der Waals surface area (Å²) < 4.78 is 1.81. The van der Waals surface area contributed by atoms with E-state index in [4.69, 9.17) is 34.8 Å². The van der Waals surface area contributed by atoms with Crippen molar-refractivity contribution in [2.75, 3.05) is 0 Å². The van der Waals surface area contributed by atoms with Gasteiger partial charge in [0.25, 0.3) is 0 Å². The summed E-state index contributed by atoms with van der Waals surface area (Å²) in [7, 11) is 1.85. The Labute approximate surface area is 108 Å². The second-order valence-corrected chi connectivity index (χ2v) is 4.37. The van der Waals surface area contributed by atoms with E-state index in [1.807, 2.05) is 17.7 Å². The lowest BCUT2D eigenvalue weighted by atomic mass is 10.2. The molecule has 0 N–H and O–H groups in total. The average molecular weight is 277 g/mol. The highest BCUT2D eigenvalue weighted by molar-refractivity contribution is 6.36. The molecule has 2 rings (SSSR count). The van der Waals surface area contributed by atoms with Crippen molar-refractivity contribution in [2.45, 2.75) is 5.88 Å². The molecule has 0 bridgehead atoms. The largest absolute Gasteiger partial charge is 0.313 e. The summed E-state index contributed by atoms with van der Waals surface area (Å²) >= 11 is 17.6. The second-order valence-electron chi connectivity index (χ2n) is 3.26. The van der Waals surface area contributed by atoms with Crippen LogP contribution in [0.1, 0.15) is 5.82 Å². The lowest BCUT2D eigenvalue weighted by Gasteiger charge is -2.04. The quantitative estimate of drug-likeness (QED) is 0.786. The average Bonchev–Trinajstić information content (AvgIpc) is 2.60. The van der Waals surface area contributed by atoms with Gasteiger partial charge >= 0.3 is 0 Å². The third-order valence-electron chi connectivity index (χ3n) is 2.26. The van der Waals surface area contributed by atoms with Crippen molar-refractivity contribution in [1.82, 2.24) is 14.8 Å². The lowest BCUT2D eigenvalue weighted by molar-refractivity contribution is 0.853. The van der Waals surface area contributed by atoms with Gasteiger partial charge in [-0.25, -0.2) is 0 Å². The maximum absolute atomic E-state index is 6.09. The summed E-state index contributed by atoms with van der Waals surface area (Å²) in [6.07, 6.45) is 0. The maximum Gasteiger partial charge on any atom is 0.165 e. The van der Waals surface area contributed by atoms with E-state index in [0.717, 1.165) is 5.56 Å². The Morgan fingerprint density at radius 1 is 1.25 bits per heavy atom. The van der Waals surface area contributed by atoms with Crippen LogP contribution in [0.4, 0.5) is 0 Å². The Morgan fingerprint density at radius 3 is 2.56 bits per heavy atom. The van der Waals surface area contributed by atoms with Gasteiger partial charge in [0, 0.05) is 17.6 Å². The van der Waals surface area contributed by atoms with Gasteiger partial charge in [0.05, 0.1) is 10.9 Å². The molecule has 6 heteroatoms. The van der Waals surface area contributed by atoms with Gasteiger partial charge in [0.15, 0.2) is 5.82 Å². The molecule has 0 unspecified atom stereocenters. The summed E-state index contributed by atoms with van der Waals surface area (Å²) in [6.45, 7) is 0. The molecule has 3 nitrogen and oxygen atoms in total. The zero-order valence-corrected chi connectivity index (χ0v) is 10.7. The number of alkyl halides is 1. The molecule has 0 amide bonds. The number of hydrogen-bond donors (Lipinski definition) is 0. The van der Waals surface area contributed by atoms with Crippen molar-refractivity contribution < 1.29 is 0 Å². The van der Waals surface area contributed by atoms with Crippen LogP contribution >= 0.6 is 34.8 Å². The fourth-order valence-electron chi connectivity index (χ4n) is 1.38. The molecule has 1 heterocycles. The standard InChI is InChI=1S/C10H8Cl3N3/c1-16-9(5-11)14-15-10(16)7-3-2-6(12)4-8(7)13/h2-4H,5H2,1H3. The van der Waals surface area contributed by atoms with E-state index in [1.165, 1.54) is 0 Å². The molecular weight excluding hydrogens is 268 g/mol.